The van der Waals surface area contributed by atoms with Crippen LogP contribution in [-0.2, 0) is 6.54 Å². The van der Waals surface area contributed by atoms with E-state index in [0.29, 0.717) is 12.2 Å². The standard InChI is InChI=1S/C16H18N4O2/c1-12-10-15(20(21)22)8-9-16(12)18-17-11-13-4-6-14(7-5-13)19(2)3/h4-10H,11H2,1-3H3. The minimum atomic E-state index is -0.416. The molecule has 2 aromatic carbocycles. The quantitative estimate of drug-likeness (QED) is 0.470. The molecule has 22 heavy (non-hydrogen) atoms. The summed E-state index contributed by atoms with van der Waals surface area (Å²) in [5.41, 5.74) is 3.65. The molecule has 0 spiro atoms. The number of non-ortho nitro benzene ring substituents is 1. The summed E-state index contributed by atoms with van der Waals surface area (Å²) in [5, 5.41) is 19.0. The third-order valence-corrected chi connectivity index (χ3v) is 3.28. The van der Waals surface area contributed by atoms with E-state index in [1.54, 1.807) is 13.0 Å². The summed E-state index contributed by atoms with van der Waals surface area (Å²) >= 11 is 0. The monoisotopic (exact) mass is 298 g/mol. The van der Waals surface area contributed by atoms with Crippen LogP contribution < -0.4 is 4.90 Å². The lowest BCUT2D eigenvalue weighted by molar-refractivity contribution is -0.384. The normalized spacial score (nSPS) is 10.9. The number of benzene rings is 2. The van der Waals surface area contributed by atoms with Crippen molar-refractivity contribution in [2.75, 3.05) is 19.0 Å². The van der Waals surface area contributed by atoms with E-state index in [0.717, 1.165) is 16.8 Å². The molecule has 0 radical (unpaired) electrons. The number of nitrogens with zero attached hydrogens (tertiary/aromatic N) is 4. The lowest BCUT2D eigenvalue weighted by atomic mass is 10.2. The van der Waals surface area contributed by atoms with Gasteiger partial charge in [-0.2, -0.15) is 10.2 Å². The average Bonchev–Trinajstić information content (AvgIpc) is 2.49. The Labute approximate surface area is 129 Å². The van der Waals surface area contributed by atoms with Crippen molar-refractivity contribution in [3.63, 3.8) is 0 Å². The van der Waals surface area contributed by atoms with Crippen LogP contribution in [0.25, 0.3) is 0 Å². The van der Waals surface area contributed by atoms with Gasteiger partial charge < -0.3 is 4.90 Å². The molecule has 6 nitrogen and oxygen atoms in total. The van der Waals surface area contributed by atoms with Crippen LogP contribution in [0.1, 0.15) is 11.1 Å². The Hall–Kier alpha value is -2.76. The van der Waals surface area contributed by atoms with Crippen LogP contribution in [0.2, 0.25) is 0 Å². The van der Waals surface area contributed by atoms with Gasteiger partial charge in [0.05, 0.1) is 17.2 Å². The first-order valence-electron chi connectivity index (χ1n) is 6.86. The van der Waals surface area contributed by atoms with E-state index in [1.807, 2.05) is 43.3 Å². The van der Waals surface area contributed by atoms with E-state index in [9.17, 15) is 10.1 Å². The van der Waals surface area contributed by atoms with E-state index in [4.69, 9.17) is 0 Å². The van der Waals surface area contributed by atoms with Gasteiger partial charge in [-0.3, -0.25) is 10.1 Å². The highest BCUT2D eigenvalue weighted by atomic mass is 16.6. The van der Waals surface area contributed by atoms with Crippen molar-refractivity contribution in [1.82, 2.24) is 0 Å². The molecule has 0 aliphatic heterocycles. The second-order valence-electron chi connectivity index (χ2n) is 5.19. The van der Waals surface area contributed by atoms with Gasteiger partial charge in [-0.25, -0.2) is 0 Å². The highest BCUT2D eigenvalue weighted by Gasteiger charge is 2.07. The summed E-state index contributed by atoms with van der Waals surface area (Å²) < 4.78 is 0. The zero-order chi connectivity index (χ0) is 16.1. The molecule has 0 saturated heterocycles. The molecule has 0 unspecified atom stereocenters. The van der Waals surface area contributed by atoms with Crippen LogP contribution in [0.3, 0.4) is 0 Å². The molecule has 0 fully saturated rings. The number of nitro groups is 1. The molecule has 0 aliphatic rings. The molecule has 2 rings (SSSR count). The Balaban J connectivity index is 2.04. The maximum atomic E-state index is 10.7. The van der Waals surface area contributed by atoms with Crippen LogP contribution in [0.5, 0.6) is 0 Å². The molecule has 6 heteroatoms. The highest BCUT2D eigenvalue weighted by molar-refractivity contribution is 5.51. The van der Waals surface area contributed by atoms with E-state index in [2.05, 4.69) is 10.2 Å². The van der Waals surface area contributed by atoms with Crippen molar-refractivity contribution >= 4 is 17.1 Å². The van der Waals surface area contributed by atoms with Crippen molar-refractivity contribution < 1.29 is 4.92 Å². The van der Waals surface area contributed by atoms with E-state index in [-0.39, 0.29) is 5.69 Å². The number of aryl methyl sites for hydroxylation is 1. The third kappa shape index (κ3) is 3.88. The molecule has 0 saturated carbocycles. The van der Waals surface area contributed by atoms with Crippen LogP contribution in [0, 0.1) is 17.0 Å². The summed E-state index contributed by atoms with van der Waals surface area (Å²) in [6.07, 6.45) is 0. The number of hydrogen-bond donors (Lipinski definition) is 0. The van der Waals surface area contributed by atoms with Gasteiger partial charge >= 0.3 is 0 Å². The Morgan fingerprint density at radius 2 is 1.82 bits per heavy atom. The summed E-state index contributed by atoms with van der Waals surface area (Å²) in [5.74, 6) is 0. The molecule has 0 amide bonds. The molecular formula is C16H18N4O2. The molecule has 0 atom stereocenters. The van der Waals surface area contributed by atoms with Gasteiger partial charge in [-0.1, -0.05) is 12.1 Å². The van der Waals surface area contributed by atoms with Crippen LogP contribution in [-0.4, -0.2) is 19.0 Å². The Kier molecular flexibility index (Phi) is 4.83. The van der Waals surface area contributed by atoms with Crippen molar-refractivity contribution in [3.05, 3.63) is 63.7 Å². The first-order valence-corrected chi connectivity index (χ1v) is 6.86. The summed E-state index contributed by atoms with van der Waals surface area (Å²) in [6.45, 7) is 2.26. The molecule has 0 aliphatic carbocycles. The van der Waals surface area contributed by atoms with E-state index in [1.165, 1.54) is 12.1 Å². The second kappa shape index (κ2) is 6.80. The average molecular weight is 298 g/mol. The number of nitro benzene ring substituents is 1. The number of rotatable bonds is 5. The SMILES string of the molecule is Cc1cc([N+](=O)[O-])ccc1N=NCc1ccc(N(C)C)cc1. The number of anilines is 1. The largest absolute Gasteiger partial charge is 0.378 e. The van der Waals surface area contributed by atoms with E-state index >= 15 is 0 Å². The molecule has 2 aromatic rings. The predicted octanol–water partition coefficient (Wildman–Crippen LogP) is 4.25. The fourth-order valence-electron chi connectivity index (χ4n) is 1.96. The third-order valence-electron chi connectivity index (χ3n) is 3.28. The fraction of sp³-hybridized carbons (Fsp3) is 0.250. The lowest BCUT2D eigenvalue weighted by Crippen LogP contribution is -2.08. The van der Waals surface area contributed by atoms with Gasteiger partial charge in [0.15, 0.2) is 0 Å². The van der Waals surface area contributed by atoms with Gasteiger partial charge in [0, 0.05) is 31.9 Å². The Bertz CT molecular complexity index is 694. The summed E-state index contributed by atoms with van der Waals surface area (Å²) in [6, 6.07) is 12.6. The molecule has 0 bridgehead atoms. The topological polar surface area (TPSA) is 71.1 Å². The van der Waals surface area contributed by atoms with Gasteiger partial charge in [-0.15, -0.1) is 0 Å². The summed E-state index contributed by atoms with van der Waals surface area (Å²) in [4.78, 5) is 12.3. The minimum Gasteiger partial charge on any atom is -0.378 e. The maximum Gasteiger partial charge on any atom is 0.269 e. The Morgan fingerprint density at radius 1 is 1.14 bits per heavy atom. The molecule has 0 heterocycles. The first-order chi connectivity index (χ1) is 10.5. The van der Waals surface area contributed by atoms with Crippen molar-refractivity contribution in [1.29, 1.82) is 0 Å². The maximum absolute atomic E-state index is 10.7. The number of hydrogen-bond acceptors (Lipinski definition) is 5. The Morgan fingerprint density at radius 3 is 2.36 bits per heavy atom. The highest BCUT2D eigenvalue weighted by Crippen LogP contribution is 2.24. The zero-order valence-corrected chi connectivity index (χ0v) is 12.9. The van der Waals surface area contributed by atoms with Crippen molar-refractivity contribution in [2.45, 2.75) is 13.5 Å². The zero-order valence-electron chi connectivity index (χ0n) is 12.9. The van der Waals surface area contributed by atoms with Gasteiger partial charge in [-0.05, 0) is 36.2 Å². The predicted molar refractivity (Wildman–Crippen MR) is 86.8 cm³/mol. The van der Waals surface area contributed by atoms with Gasteiger partial charge in [0.25, 0.3) is 5.69 Å². The van der Waals surface area contributed by atoms with Crippen molar-refractivity contribution in [2.24, 2.45) is 10.2 Å². The molecule has 0 aromatic heterocycles. The van der Waals surface area contributed by atoms with Crippen LogP contribution >= 0.6 is 0 Å². The van der Waals surface area contributed by atoms with Crippen molar-refractivity contribution in [3.8, 4) is 0 Å². The van der Waals surface area contributed by atoms with Crippen LogP contribution in [0.4, 0.5) is 17.1 Å². The lowest BCUT2D eigenvalue weighted by Gasteiger charge is -2.11. The first kappa shape index (κ1) is 15.6. The van der Waals surface area contributed by atoms with Crippen LogP contribution in [0.15, 0.2) is 52.7 Å². The van der Waals surface area contributed by atoms with Gasteiger partial charge in [0.1, 0.15) is 0 Å². The fourth-order valence-corrected chi connectivity index (χ4v) is 1.96. The molecule has 114 valence electrons. The molecular weight excluding hydrogens is 280 g/mol. The second-order valence-corrected chi connectivity index (χ2v) is 5.19. The summed E-state index contributed by atoms with van der Waals surface area (Å²) in [7, 11) is 3.98. The molecule has 0 N–H and O–H groups in total. The minimum absolute atomic E-state index is 0.0655. The smallest absolute Gasteiger partial charge is 0.269 e. The van der Waals surface area contributed by atoms with E-state index < -0.39 is 4.92 Å². The van der Waals surface area contributed by atoms with Gasteiger partial charge in [0.2, 0.25) is 0 Å². The number of azo groups is 1.